The first-order chi connectivity index (χ1) is 16.1. The molecule has 33 heavy (non-hydrogen) atoms. The van der Waals surface area contributed by atoms with Crippen LogP contribution < -0.4 is 10.6 Å². The topological polar surface area (TPSA) is 102 Å². The number of thioether (sulfide) groups is 1. The molecule has 1 aromatic carbocycles. The number of imide groups is 1. The monoisotopic (exact) mass is 464 g/mol. The number of carbonyl (C=O) groups excluding carboxylic acids is 2. The summed E-state index contributed by atoms with van der Waals surface area (Å²) in [6.07, 6.45) is 8.11. The quantitative estimate of drug-likeness (QED) is 0.508. The Bertz CT molecular complexity index is 1070. The minimum Gasteiger partial charge on any atom is -0.334 e. The standard InChI is InChI=1S/C24H28N6O2S/c1-17-8-5-6-12-20(17)30-22(19-11-7-13-25-15-19)28-29-24(30)33-16-21(31)27-23(32)26-14-18-9-3-2-4-10-18/h2-4,7,9-11,13,15,17,20H,5-6,8,12,14,16H2,1H3,(H2,26,27,31,32)/t17-,20-/m0/s1. The van der Waals surface area contributed by atoms with Gasteiger partial charge in [-0.2, -0.15) is 0 Å². The van der Waals surface area contributed by atoms with Gasteiger partial charge in [0.05, 0.1) is 5.75 Å². The summed E-state index contributed by atoms with van der Waals surface area (Å²) in [4.78, 5) is 28.7. The minimum absolute atomic E-state index is 0.0744. The van der Waals surface area contributed by atoms with Crippen molar-refractivity contribution in [1.29, 1.82) is 0 Å². The molecule has 2 atom stereocenters. The Morgan fingerprint density at radius 3 is 2.67 bits per heavy atom. The van der Waals surface area contributed by atoms with E-state index in [1.54, 1.807) is 12.4 Å². The van der Waals surface area contributed by atoms with Crippen LogP contribution in [0, 0.1) is 5.92 Å². The molecule has 1 aliphatic rings. The second-order valence-corrected chi connectivity index (χ2v) is 9.19. The number of nitrogens with one attached hydrogen (secondary N) is 2. The molecule has 2 aromatic heterocycles. The number of nitrogens with zero attached hydrogens (tertiary/aromatic N) is 4. The fourth-order valence-electron chi connectivity index (χ4n) is 4.16. The van der Waals surface area contributed by atoms with Gasteiger partial charge in [-0.3, -0.25) is 19.7 Å². The van der Waals surface area contributed by atoms with Gasteiger partial charge in [-0.25, -0.2) is 4.79 Å². The molecule has 0 aliphatic heterocycles. The third-order valence-electron chi connectivity index (χ3n) is 5.86. The van der Waals surface area contributed by atoms with Gasteiger partial charge in [-0.05, 0) is 36.5 Å². The van der Waals surface area contributed by atoms with Crippen LogP contribution in [0.5, 0.6) is 0 Å². The number of hydrogen-bond acceptors (Lipinski definition) is 6. The van der Waals surface area contributed by atoms with Crippen LogP contribution in [0.3, 0.4) is 0 Å². The van der Waals surface area contributed by atoms with Crippen LogP contribution in [0.1, 0.15) is 44.2 Å². The van der Waals surface area contributed by atoms with Gasteiger partial charge in [-0.1, -0.05) is 61.9 Å². The minimum atomic E-state index is -0.511. The van der Waals surface area contributed by atoms with Gasteiger partial charge in [-0.15, -0.1) is 10.2 Å². The Morgan fingerprint density at radius 1 is 1.09 bits per heavy atom. The number of hydrogen-bond donors (Lipinski definition) is 2. The Hall–Kier alpha value is -3.20. The van der Waals surface area contributed by atoms with Gasteiger partial charge >= 0.3 is 6.03 Å². The Labute approximate surface area is 197 Å². The molecule has 0 spiro atoms. The normalized spacial score (nSPS) is 18.0. The first-order valence-electron chi connectivity index (χ1n) is 11.2. The molecule has 4 rings (SSSR count). The van der Waals surface area contributed by atoms with E-state index in [2.05, 4.69) is 37.3 Å². The summed E-state index contributed by atoms with van der Waals surface area (Å²) < 4.78 is 2.16. The van der Waals surface area contributed by atoms with Crippen LogP contribution in [-0.2, 0) is 11.3 Å². The number of carbonyl (C=O) groups is 2. The first kappa shape index (κ1) is 23.0. The van der Waals surface area contributed by atoms with E-state index in [0.29, 0.717) is 17.6 Å². The fourth-order valence-corrected chi connectivity index (χ4v) is 4.95. The molecule has 1 saturated carbocycles. The number of benzene rings is 1. The smallest absolute Gasteiger partial charge is 0.321 e. The van der Waals surface area contributed by atoms with Crippen molar-refractivity contribution in [2.24, 2.45) is 5.92 Å². The van der Waals surface area contributed by atoms with Gasteiger partial charge in [0, 0.05) is 30.5 Å². The van der Waals surface area contributed by atoms with Crippen molar-refractivity contribution in [2.75, 3.05) is 5.75 Å². The molecular weight excluding hydrogens is 436 g/mol. The Balaban J connectivity index is 1.41. The predicted octanol–water partition coefficient (Wildman–Crippen LogP) is 4.21. The number of amides is 3. The van der Waals surface area contributed by atoms with Crippen molar-refractivity contribution in [3.63, 3.8) is 0 Å². The van der Waals surface area contributed by atoms with Crippen LogP contribution in [-0.4, -0.2) is 37.4 Å². The molecule has 8 nitrogen and oxygen atoms in total. The van der Waals surface area contributed by atoms with Gasteiger partial charge in [0.2, 0.25) is 5.91 Å². The van der Waals surface area contributed by atoms with Crippen LogP contribution in [0.2, 0.25) is 0 Å². The van der Waals surface area contributed by atoms with Crippen LogP contribution in [0.4, 0.5) is 4.79 Å². The highest BCUT2D eigenvalue weighted by atomic mass is 32.2. The fraction of sp³-hybridized carbons (Fsp3) is 0.375. The molecule has 172 valence electrons. The maximum Gasteiger partial charge on any atom is 0.321 e. The molecule has 1 aliphatic carbocycles. The average molecular weight is 465 g/mol. The summed E-state index contributed by atoms with van der Waals surface area (Å²) in [6, 6.07) is 13.2. The molecule has 1 fully saturated rings. The van der Waals surface area contributed by atoms with Crippen molar-refractivity contribution >= 4 is 23.7 Å². The number of aromatic nitrogens is 4. The summed E-state index contributed by atoms with van der Waals surface area (Å²) in [6.45, 7) is 2.62. The molecule has 0 radical (unpaired) electrons. The zero-order valence-electron chi connectivity index (χ0n) is 18.6. The van der Waals surface area contributed by atoms with E-state index < -0.39 is 6.03 Å². The predicted molar refractivity (Wildman–Crippen MR) is 127 cm³/mol. The average Bonchev–Trinajstić information content (AvgIpc) is 3.27. The molecule has 3 aromatic rings. The third-order valence-corrected chi connectivity index (χ3v) is 6.81. The lowest BCUT2D eigenvalue weighted by atomic mass is 9.85. The van der Waals surface area contributed by atoms with E-state index in [-0.39, 0.29) is 17.7 Å². The molecule has 3 amide bonds. The first-order valence-corrected chi connectivity index (χ1v) is 12.2. The SMILES string of the molecule is C[C@H]1CCCC[C@@H]1n1c(SCC(=O)NC(=O)NCc2ccccc2)nnc1-c1cccnc1. The molecule has 9 heteroatoms. The second-order valence-electron chi connectivity index (χ2n) is 8.25. The van der Waals surface area contributed by atoms with Gasteiger partial charge in [0.1, 0.15) is 0 Å². The highest BCUT2D eigenvalue weighted by molar-refractivity contribution is 7.99. The summed E-state index contributed by atoms with van der Waals surface area (Å²) in [5, 5.41) is 14.6. The lowest BCUT2D eigenvalue weighted by molar-refractivity contribution is -0.117. The molecule has 2 heterocycles. The van der Waals surface area contributed by atoms with Crippen molar-refractivity contribution in [3.8, 4) is 11.4 Å². The lowest BCUT2D eigenvalue weighted by Gasteiger charge is -2.31. The molecule has 0 bridgehead atoms. The van der Waals surface area contributed by atoms with E-state index in [1.807, 2.05) is 42.5 Å². The summed E-state index contributed by atoms with van der Waals surface area (Å²) >= 11 is 1.30. The number of rotatable bonds is 7. The maximum atomic E-state index is 12.4. The highest BCUT2D eigenvalue weighted by Gasteiger charge is 2.29. The molecular formula is C24H28N6O2S. The van der Waals surface area contributed by atoms with Crippen molar-refractivity contribution in [2.45, 2.75) is 50.4 Å². The maximum absolute atomic E-state index is 12.4. The Morgan fingerprint density at radius 2 is 1.91 bits per heavy atom. The van der Waals surface area contributed by atoms with E-state index >= 15 is 0 Å². The zero-order chi connectivity index (χ0) is 23.0. The summed E-state index contributed by atoms with van der Waals surface area (Å²) in [5.74, 6) is 0.956. The molecule has 0 unspecified atom stereocenters. The number of pyridine rings is 1. The Kier molecular flexibility index (Phi) is 7.72. The van der Waals surface area contributed by atoms with Crippen LogP contribution >= 0.6 is 11.8 Å². The van der Waals surface area contributed by atoms with Crippen molar-refractivity contribution < 1.29 is 9.59 Å². The van der Waals surface area contributed by atoms with Crippen molar-refractivity contribution in [1.82, 2.24) is 30.4 Å². The van der Waals surface area contributed by atoms with Gasteiger partial charge in [0.25, 0.3) is 0 Å². The van der Waals surface area contributed by atoms with E-state index in [0.717, 1.165) is 36.2 Å². The van der Waals surface area contributed by atoms with E-state index in [9.17, 15) is 9.59 Å². The lowest BCUT2D eigenvalue weighted by Crippen LogP contribution is -2.40. The van der Waals surface area contributed by atoms with Crippen LogP contribution in [0.25, 0.3) is 11.4 Å². The second kappa shape index (κ2) is 11.1. The van der Waals surface area contributed by atoms with Gasteiger partial charge < -0.3 is 5.32 Å². The van der Waals surface area contributed by atoms with Gasteiger partial charge in [0.15, 0.2) is 11.0 Å². The third kappa shape index (κ3) is 5.98. The molecule has 2 N–H and O–H groups in total. The zero-order valence-corrected chi connectivity index (χ0v) is 19.4. The summed E-state index contributed by atoms with van der Waals surface area (Å²) in [7, 11) is 0. The van der Waals surface area contributed by atoms with E-state index in [1.165, 1.54) is 18.2 Å². The largest absolute Gasteiger partial charge is 0.334 e. The summed E-state index contributed by atoms with van der Waals surface area (Å²) in [5.41, 5.74) is 1.87. The van der Waals surface area contributed by atoms with Crippen molar-refractivity contribution in [3.05, 3.63) is 60.4 Å². The van der Waals surface area contributed by atoms with E-state index in [4.69, 9.17) is 0 Å². The van der Waals surface area contributed by atoms with Crippen LogP contribution in [0.15, 0.2) is 60.0 Å². The number of urea groups is 1. The highest BCUT2D eigenvalue weighted by Crippen LogP contribution is 2.38. The molecule has 0 saturated heterocycles.